The molecule has 0 aliphatic carbocycles. The minimum atomic E-state index is 0.463. The van der Waals surface area contributed by atoms with Crippen molar-refractivity contribution in [1.29, 1.82) is 0 Å². The van der Waals surface area contributed by atoms with E-state index < -0.39 is 0 Å². The number of nitrogens with zero attached hydrogens (tertiary/aromatic N) is 3. The van der Waals surface area contributed by atoms with Gasteiger partial charge in [-0.25, -0.2) is 9.50 Å². The first kappa shape index (κ1) is 8.69. The molecule has 2 rings (SSSR count). The lowest BCUT2D eigenvalue weighted by Gasteiger charge is -2.02. The number of alkyl halides is 1. The molecular weight excluding hydrogens is 230 g/mol. The minimum absolute atomic E-state index is 0.463. The lowest BCUT2D eigenvalue weighted by molar-refractivity contribution is 0.877. The summed E-state index contributed by atoms with van der Waals surface area (Å²) in [7, 11) is 0. The van der Waals surface area contributed by atoms with Crippen LogP contribution < -0.4 is 0 Å². The number of fused-ring (bicyclic) bond motifs is 1. The van der Waals surface area contributed by atoms with Crippen LogP contribution in [0.2, 0.25) is 0 Å². The van der Waals surface area contributed by atoms with Gasteiger partial charge in [0.15, 0.2) is 5.65 Å². The Labute approximate surface area is 84.9 Å². The maximum atomic E-state index is 4.45. The van der Waals surface area contributed by atoms with Gasteiger partial charge >= 0.3 is 0 Å². The first-order valence-electron chi connectivity index (χ1n) is 4.19. The van der Waals surface area contributed by atoms with Crippen molar-refractivity contribution in [3.05, 3.63) is 30.2 Å². The summed E-state index contributed by atoms with van der Waals surface area (Å²) in [6, 6.07) is 3.90. The van der Waals surface area contributed by atoms with Crippen LogP contribution >= 0.6 is 15.9 Å². The van der Waals surface area contributed by atoms with E-state index >= 15 is 0 Å². The van der Waals surface area contributed by atoms with Crippen LogP contribution in [0.25, 0.3) is 5.65 Å². The Morgan fingerprint density at radius 2 is 2.38 bits per heavy atom. The average Bonchev–Trinajstić information content (AvgIpc) is 2.49. The Morgan fingerprint density at radius 1 is 1.54 bits per heavy atom. The van der Waals surface area contributed by atoms with Crippen LogP contribution in [0.3, 0.4) is 0 Å². The monoisotopic (exact) mass is 239 g/mol. The van der Waals surface area contributed by atoms with Crippen molar-refractivity contribution in [1.82, 2.24) is 14.6 Å². The van der Waals surface area contributed by atoms with Crippen molar-refractivity contribution < 1.29 is 0 Å². The van der Waals surface area contributed by atoms with Crippen LogP contribution in [0.1, 0.15) is 12.6 Å². The predicted molar refractivity (Wildman–Crippen MR) is 55.1 cm³/mol. The van der Waals surface area contributed by atoms with Gasteiger partial charge in [-0.2, -0.15) is 5.10 Å². The van der Waals surface area contributed by atoms with Crippen molar-refractivity contribution in [2.24, 2.45) is 0 Å². The Hall–Kier alpha value is -0.900. The fourth-order valence-corrected chi connectivity index (χ4v) is 1.59. The molecule has 0 saturated carbocycles. The number of halogens is 1. The van der Waals surface area contributed by atoms with Gasteiger partial charge in [-0.1, -0.05) is 22.9 Å². The number of hydrogen-bond donors (Lipinski definition) is 0. The highest BCUT2D eigenvalue weighted by Crippen LogP contribution is 2.08. The second kappa shape index (κ2) is 3.46. The highest BCUT2D eigenvalue weighted by Gasteiger charge is 2.01. The molecule has 4 heteroatoms. The summed E-state index contributed by atoms with van der Waals surface area (Å²) in [5.41, 5.74) is 2.00. The van der Waals surface area contributed by atoms with Gasteiger partial charge in [0.2, 0.25) is 0 Å². The second-order valence-electron chi connectivity index (χ2n) is 3.04. The van der Waals surface area contributed by atoms with E-state index in [1.165, 1.54) is 0 Å². The van der Waals surface area contributed by atoms with Gasteiger partial charge in [0.05, 0.1) is 6.20 Å². The summed E-state index contributed by atoms with van der Waals surface area (Å²) in [6.45, 7) is 2.11. The normalized spacial score (nSPS) is 13.4. The van der Waals surface area contributed by atoms with E-state index in [-0.39, 0.29) is 0 Å². The van der Waals surface area contributed by atoms with E-state index in [4.69, 9.17) is 0 Å². The lowest BCUT2D eigenvalue weighted by Crippen LogP contribution is -2.01. The van der Waals surface area contributed by atoms with Crippen LogP contribution in [-0.2, 0) is 6.42 Å². The molecule has 2 aromatic rings. The van der Waals surface area contributed by atoms with Crippen LogP contribution in [0.15, 0.2) is 24.5 Å². The quantitative estimate of drug-likeness (QED) is 0.752. The van der Waals surface area contributed by atoms with E-state index in [2.05, 4.69) is 32.9 Å². The molecule has 0 aromatic carbocycles. The van der Waals surface area contributed by atoms with Gasteiger partial charge in [-0.3, -0.25) is 0 Å². The largest absolute Gasteiger partial charge is 0.234 e. The Bertz CT molecular complexity index is 408. The van der Waals surface area contributed by atoms with E-state index in [0.717, 1.165) is 17.8 Å². The zero-order valence-electron chi connectivity index (χ0n) is 7.31. The molecule has 13 heavy (non-hydrogen) atoms. The molecule has 0 amide bonds. The molecule has 0 radical (unpaired) electrons. The molecule has 68 valence electrons. The van der Waals surface area contributed by atoms with Crippen molar-refractivity contribution in [3.63, 3.8) is 0 Å². The summed E-state index contributed by atoms with van der Waals surface area (Å²) in [4.78, 5) is 4.91. The third kappa shape index (κ3) is 1.88. The number of rotatable bonds is 2. The molecule has 1 unspecified atom stereocenters. The van der Waals surface area contributed by atoms with Gasteiger partial charge in [0, 0.05) is 29.2 Å². The van der Waals surface area contributed by atoms with Crippen molar-refractivity contribution in [2.45, 2.75) is 18.2 Å². The molecule has 1 atom stereocenters. The molecule has 3 nitrogen and oxygen atoms in total. The molecule has 0 fully saturated rings. The molecule has 0 aliphatic rings. The molecule has 0 bridgehead atoms. The van der Waals surface area contributed by atoms with Gasteiger partial charge in [0.1, 0.15) is 0 Å². The number of hydrogen-bond acceptors (Lipinski definition) is 2. The lowest BCUT2D eigenvalue weighted by atomic mass is 10.2. The zero-order chi connectivity index (χ0) is 9.26. The molecule has 2 aromatic heterocycles. The molecule has 0 N–H and O–H groups in total. The van der Waals surface area contributed by atoms with E-state index in [0.29, 0.717) is 4.83 Å². The summed E-state index contributed by atoms with van der Waals surface area (Å²) in [6.07, 6.45) is 4.64. The Kier molecular flexibility index (Phi) is 2.31. The summed E-state index contributed by atoms with van der Waals surface area (Å²) >= 11 is 3.50. The highest BCUT2D eigenvalue weighted by molar-refractivity contribution is 9.09. The fourth-order valence-electron chi connectivity index (χ4n) is 1.25. The van der Waals surface area contributed by atoms with Crippen LogP contribution in [0, 0.1) is 0 Å². The van der Waals surface area contributed by atoms with E-state index in [9.17, 15) is 0 Å². The predicted octanol–water partition coefficient (Wildman–Crippen LogP) is 2.06. The first-order valence-corrected chi connectivity index (χ1v) is 5.10. The third-order valence-electron chi connectivity index (χ3n) is 1.81. The average molecular weight is 240 g/mol. The van der Waals surface area contributed by atoms with Gasteiger partial charge in [-0.05, 0) is 6.07 Å². The van der Waals surface area contributed by atoms with Crippen molar-refractivity contribution >= 4 is 21.6 Å². The SMILES string of the molecule is CC(Br)Cc1ccn2nccc2n1. The van der Waals surface area contributed by atoms with Crippen LogP contribution in [0.5, 0.6) is 0 Å². The standard InChI is InChI=1S/C9H10BrN3/c1-7(10)6-8-3-5-13-9(12-8)2-4-11-13/h2-5,7H,6H2,1H3. The summed E-state index contributed by atoms with van der Waals surface area (Å²) < 4.78 is 1.77. The van der Waals surface area contributed by atoms with E-state index in [1.807, 2.05) is 18.3 Å². The molecule has 0 spiro atoms. The summed E-state index contributed by atoms with van der Waals surface area (Å²) in [5.74, 6) is 0. The van der Waals surface area contributed by atoms with Gasteiger partial charge in [-0.15, -0.1) is 0 Å². The van der Waals surface area contributed by atoms with E-state index in [1.54, 1.807) is 10.7 Å². The smallest absolute Gasteiger partial charge is 0.155 e. The summed E-state index contributed by atoms with van der Waals surface area (Å²) in [5, 5.41) is 4.08. The fraction of sp³-hybridized carbons (Fsp3) is 0.333. The topological polar surface area (TPSA) is 30.2 Å². The second-order valence-corrected chi connectivity index (χ2v) is 4.60. The van der Waals surface area contributed by atoms with Crippen LogP contribution in [-0.4, -0.2) is 19.4 Å². The first-order chi connectivity index (χ1) is 6.25. The zero-order valence-corrected chi connectivity index (χ0v) is 8.90. The molecule has 2 heterocycles. The van der Waals surface area contributed by atoms with Gasteiger partial charge in [0.25, 0.3) is 0 Å². The molecular formula is C9H10BrN3. The van der Waals surface area contributed by atoms with Crippen molar-refractivity contribution in [3.8, 4) is 0 Å². The maximum Gasteiger partial charge on any atom is 0.155 e. The Morgan fingerprint density at radius 3 is 3.15 bits per heavy atom. The minimum Gasteiger partial charge on any atom is -0.234 e. The Balaban J connectivity index is 2.37. The molecule has 0 aliphatic heterocycles. The van der Waals surface area contributed by atoms with Gasteiger partial charge < -0.3 is 0 Å². The highest BCUT2D eigenvalue weighted by atomic mass is 79.9. The molecule has 0 saturated heterocycles. The third-order valence-corrected chi connectivity index (χ3v) is 2.13. The maximum absolute atomic E-state index is 4.45. The van der Waals surface area contributed by atoms with Crippen molar-refractivity contribution in [2.75, 3.05) is 0 Å². The number of aromatic nitrogens is 3. The van der Waals surface area contributed by atoms with Crippen LogP contribution in [0.4, 0.5) is 0 Å².